The fourth-order valence-electron chi connectivity index (χ4n) is 2.60. The molecule has 0 amide bonds. The summed E-state index contributed by atoms with van der Waals surface area (Å²) in [5, 5.41) is 9.05. The summed E-state index contributed by atoms with van der Waals surface area (Å²) in [7, 11) is 0. The number of carboxylic acids is 1. The highest BCUT2D eigenvalue weighted by molar-refractivity contribution is 5.85. The highest BCUT2D eigenvalue weighted by Crippen LogP contribution is 2.15. The fraction of sp³-hybridized carbons (Fsp3) is 0.824. The summed E-state index contributed by atoms with van der Waals surface area (Å²) in [6.45, 7) is 11.9. The molecule has 1 heterocycles. The minimum Gasteiger partial charge on any atom is -0.480 e. The molecule has 24 heavy (non-hydrogen) atoms. The van der Waals surface area contributed by atoms with E-state index < -0.39 is 11.4 Å². The normalized spacial score (nSPS) is 19.3. The second kappa shape index (κ2) is 9.25. The lowest BCUT2D eigenvalue weighted by Crippen LogP contribution is -2.42. The molecule has 1 fully saturated rings. The number of nitrogens with zero attached hydrogens (tertiary/aromatic N) is 3. The molecule has 0 aliphatic carbocycles. The summed E-state index contributed by atoms with van der Waals surface area (Å²) in [6, 6.07) is 0. The van der Waals surface area contributed by atoms with Crippen LogP contribution in [0, 0.1) is 5.41 Å². The van der Waals surface area contributed by atoms with E-state index >= 15 is 0 Å². The lowest BCUT2D eigenvalue weighted by Gasteiger charge is -2.27. The van der Waals surface area contributed by atoms with Crippen molar-refractivity contribution in [2.45, 2.75) is 27.7 Å². The van der Waals surface area contributed by atoms with Crippen LogP contribution in [-0.2, 0) is 14.4 Å². The van der Waals surface area contributed by atoms with Gasteiger partial charge in [0.1, 0.15) is 5.78 Å². The van der Waals surface area contributed by atoms with Crippen LogP contribution in [0.4, 0.5) is 0 Å². The van der Waals surface area contributed by atoms with Crippen LogP contribution < -0.4 is 0 Å². The number of carbonyl (C=O) groups excluding carboxylic acids is 2. The molecule has 1 N–H and O–H groups in total. The summed E-state index contributed by atoms with van der Waals surface area (Å²) >= 11 is 0. The number of hydrogen-bond acceptors (Lipinski definition) is 6. The van der Waals surface area contributed by atoms with E-state index in [-0.39, 0.29) is 18.1 Å². The third-order valence-electron chi connectivity index (χ3n) is 4.21. The van der Waals surface area contributed by atoms with Crippen molar-refractivity contribution in [3.63, 3.8) is 0 Å². The van der Waals surface area contributed by atoms with Gasteiger partial charge in [0.25, 0.3) is 0 Å². The zero-order valence-corrected chi connectivity index (χ0v) is 15.4. The van der Waals surface area contributed by atoms with Crippen molar-refractivity contribution in [1.29, 1.82) is 0 Å². The molecule has 1 aliphatic heterocycles. The van der Waals surface area contributed by atoms with Crippen LogP contribution in [0.1, 0.15) is 27.7 Å². The van der Waals surface area contributed by atoms with Crippen molar-refractivity contribution in [2.24, 2.45) is 5.41 Å². The van der Waals surface area contributed by atoms with Crippen LogP contribution in [0.5, 0.6) is 0 Å². The number of ketones is 2. The monoisotopic (exact) mass is 341 g/mol. The number of carbonyl (C=O) groups is 3. The van der Waals surface area contributed by atoms with E-state index in [1.807, 2.05) is 30.6 Å². The number of hydrogen-bond donors (Lipinski definition) is 1. The van der Waals surface area contributed by atoms with Gasteiger partial charge in [-0.05, 0) is 6.92 Å². The first-order chi connectivity index (χ1) is 11.1. The van der Waals surface area contributed by atoms with Crippen LogP contribution in [0.2, 0.25) is 0 Å². The molecular formula is C17H31N3O4. The van der Waals surface area contributed by atoms with E-state index in [4.69, 9.17) is 5.11 Å². The zero-order chi connectivity index (χ0) is 18.3. The van der Waals surface area contributed by atoms with Gasteiger partial charge >= 0.3 is 5.97 Å². The third-order valence-corrected chi connectivity index (χ3v) is 4.21. The molecule has 1 aliphatic rings. The molecule has 138 valence electrons. The number of Topliss-reactive ketones (excluding diaryl/α,β-unsaturated/α-hetero) is 2. The largest absolute Gasteiger partial charge is 0.480 e. The van der Waals surface area contributed by atoms with Crippen molar-refractivity contribution in [3.05, 3.63) is 0 Å². The van der Waals surface area contributed by atoms with E-state index in [1.54, 1.807) is 6.92 Å². The van der Waals surface area contributed by atoms with Crippen molar-refractivity contribution >= 4 is 17.5 Å². The highest BCUT2D eigenvalue weighted by Gasteiger charge is 2.25. The minimum absolute atomic E-state index is 0.0189. The number of carboxylic acid groups (broad SMARTS) is 1. The molecule has 1 rings (SSSR count). The molecule has 0 saturated carbocycles. The second-order valence-corrected chi connectivity index (χ2v) is 7.60. The molecule has 0 bridgehead atoms. The summed E-state index contributed by atoms with van der Waals surface area (Å²) in [4.78, 5) is 40.8. The molecular weight excluding hydrogens is 310 g/mol. The van der Waals surface area contributed by atoms with Crippen LogP contribution in [0.15, 0.2) is 0 Å². The Hall–Kier alpha value is -1.31. The Bertz CT molecular complexity index is 431. The Kier molecular flexibility index (Phi) is 7.99. The van der Waals surface area contributed by atoms with E-state index in [2.05, 4.69) is 4.90 Å². The molecule has 0 spiro atoms. The first-order valence-electron chi connectivity index (χ1n) is 8.49. The lowest BCUT2D eigenvalue weighted by atomic mass is 9.90. The summed E-state index contributed by atoms with van der Waals surface area (Å²) in [5.74, 6) is -0.592. The lowest BCUT2D eigenvalue weighted by molar-refractivity contribution is -0.138. The van der Waals surface area contributed by atoms with Crippen molar-refractivity contribution < 1.29 is 19.5 Å². The van der Waals surface area contributed by atoms with E-state index in [0.29, 0.717) is 52.4 Å². The predicted octanol–water partition coefficient (Wildman–Crippen LogP) is 0.195. The van der Waals surface area contributed by atoms with Gasteiger partial charge in [0.15, 0.2) is 5.78 Å². The van der Waals surface area contributed by atoms with E-state index in [9.17, 15) is 14.4 Å². The third kappa shape index (κ3) is 7.99. The van der Waals surface area contributed by atoms with Gasteiger partial charge in [0, 0.05) is 44.7 Å². The molecule has 0 aromatic carbocycles. The first kappa shape index (κ1) is 20.7. The van der Waals surface area contributed by atoms with Gasteiger partial charge in [-0.1, -0.05) is 20.8 Å². The predicted molar refractivity (Wildman–Crippen MR) is 92.1 cm³/mol. The molecule has 0 atom stereocenters. The maximum atomic E-state index is 12.3. The van der Waals surface area contributed by atoms with Gasteiger partial charge in [-0.3, -0.25) is 29.1 Å². The average Bonchev–Trinajstić information content (AvgIpc) is 2.51. The van der Waals surface area contributed by atoms with Gasteiger partial charge in [-0.2, -0.15) is 0 Å². The Balaban J connectivity index is 2.76. The van der Waals surface area contributed by atoms with Crippen molar-refractivity contribution in [3.8, 4) is 0 Å². The standard InChI is InChI=1S/C17H31N3O4/c1-14(21)11-18-5-7-19(12-15(22)17(2,3)4)8-10-20(9-6-18)13-16(23)24/h5-13H2,1-4H3,(H,23,24). The highest BCUT2D eigenvalue weighted by atomic mass is 16.4. The second-order valence-electron chi connectivity index (χ2n) is 7.60. The maximum absolute atomic E-state index is 12.3. The molecule has 7 nitrogen and oxygen atoms in total. The quantitative estimate of drug-likeness (QED) is 0.739. The van der Waals surface area contributed by atoms with E-state index in [0.717, 1.165) is 0 Å². The Labute approximate surface area is 144 Å². The summed E-state index contributed by atoms with van der Waals surface area (Å²) < 4.78 is 0. The van der Waals surface area contributed by atoms with Crippen molar-refractivity contribution in [2.75, 3.05) is 58.9 Å². The van der Waals surface area contributed by atoms with Crippen LogP contribution in [0.3, 0.4) is 0 Å². The van der Waals surface area contributed by atoms with Crippen molar-refractivity contribution in [1.82, 2.24) is 14.7 Å². The van der Waals surface area contributed by atoms with Crippen LogP contribution >= 0.6 is 0 Å². The SMILES string of the molecule is CC(=O)CN1CCN(CC(=O)O)CCN(CC(=O)C(C)(C)C)CC1. The number of rotatable bonds is 6. The topological polar surface area (TPSA) is 81.2 Å². The molecule has 1 saturated heterocycles. The molecule has 0 unspecified atom stereocenters. The Morgan fingerprint density at radius 1 is 0.792 bits per heavy atom. The molecule has 0 radical (unpaired) electrons. The van der Waals surface area contributed by atoms with Gasteiger partial charge in [0.05, 0.1) is 19.6 Å². The Morgan fingerprint density at radius 3 is 1.50 bits per heavy atom. The van der Waals surface area contributed by atoms with Gasteiger partial charge in [-0.25, -0.2) is 0 Å². The molecule has 0 aromatic heterocycles. The average molecular weight is 341 g/mol. The maximum Gasteiger partial charge on any atom is 0.317 e. The molecule has 7 heteroatoms. The first-order valence-corrected chi connectivity index (χ1v) is 8.49. The van der Waals surface area contributed by atoms with Gasteiger partial charge < -0.3 is 5.11 Å². The minimum atomic E-state index is -0.857. The zero-order valence-electron chi connectivity index (χ0n) is 15.4. The smallest absolute Gasteiger partial charge is 0.317 e. The van der Waals surface area contributed by atoms with Gasteiger partial charge in [0.2, 0.25) is 0 Å². The summed E-state index contributed by atoms with van der Waals surface area (Å²) in [5.41, 5.74) is -0.391. The fourth-order valence-corrected chi connectivity index (χ4v) is 2.60. The van der Waals surface area contributed by atoms with Crippen LogP contribution in [-0.4, -0.2) is 96.2 Å². The van der Waals surface area contributed by atoms with Crippen LogP contribution in [0.25, 0.3) is 0 Å². The number of aliphatic carboxylic acids is 1. The molecule has 0 aromatic rings. The van der Waals surface area contributed by atoms with Gasteiger partial charge in [-0.15, -0.1) is 0 Å². The summed E-state index contributed by atoms with van der Waals surface area (Å²) in [6.07, 6.45) is 0. The van der Waals surface area contributed by atoms with E-state index in [1.165, 1.54) is 0 Å². The Morgan fingerprint density at radius 2 is 1.17 bits per heavy atom.